The predicted molar refractivity (Wildman–Crippen MR) is 151 cm³/mol. The van der Waals surface area contributed by atoms with Gasteiger partial charge in [0.25, 0.3) is 0 Å². The Hall–Kier alpha value is -4.45. The largest absolute Gasteiger partial charge is 0.497 e. The minimum absolute atomic E-state index is 0.151. The Labute approximate surface area is 229 Å². The monoisotopic (exact) mass is 524 g/mol. The minimum Gasteiger partial charge on any atom is -0.497 e. The van der Waals surface area contributed by atoms with Gasteiger partial charge in [0, 0.05) is 19.5 Å². The van der Waals surface area contributed by atoms with Crippen molar-refractivity contribution in [3.63, 3.8) is 0 Å². The lowest BCUT2D eigenvalue weighted by Gasteiger charge is -2.32. The van der Waals surface area contributed by atoms with Gasteiger partial charge in [0.15, 0.2) is 0 Å². The van der Waals surface area contributed by atoms with Crippen molar-refractivity contribution in [1.82, 2.24) is 10.2 Å². The Morgan fingerprint density at radius 2 is 1.36 bits per heavy atom. The van der Waals surface area contributed by atoms with Crippen LogP contribution in [-0.2, 0) is 29.0 Å². The van der Waals surface area contributed by atoms with Gasteiger partial charge in [-0.2, -0.15) is 0 Å². The average Bonchev–Trinajstić information content (AvgIpc) is 2.98. The Balaban J connectivity index is 1.56. The van der Waals surface area contributed by atoms with Crippen molar-refractivity contribution in [3.8, 4) is 5.75 Å². The van der Waals surface area contributed by atoms with Crippen molar-refractivity contribution in [1.29, 1.82) is 0 Å². The summed E-state index contributed by atoms with van der Waals surface area (Å²) < 4.78 is 18.8. The zero-order valence-corrected chi connectivity index (χ0v) is 22.1. The van der Waals surface area contributed by atoms with Gasteiger partial charge in [0.1, 0.15) is 17.6 Å². The molecule has 0 bridgehead atoms. The van der Waals surface area contributed by atoms with Gasteiger partial charge in [-0.25, -0.2) is 4.39 Å². The molecule has 0 spiro atoms. The van der Waals surface area contributed by atoms with Crippen LogP contribution >= 0.6 is 0 Å². The van der Waals surface area contributed by atoms with Crippen LogP contribution in [0.2, 0.25) is 0 Å². The maximum Gasteiger partial charge on any atom is 0.247 e. The number of carbonyl (C=O) groups excluding carboxylic acids is 2. The maximum absolute atomic E-state index is 13.7. The number of hydrogen-bond acceptors (Lipinski definition) is 3. The minimum atomic E-state index is -0.838. The third-order valence-electron chi connectivity index (χ3n) is 6.60. The number of methoxy groups -OCH3 is 1. The molecule has 4 aromatic carbocycles. The molecule has 1 atom stereocenters. The summed E-state index contributed by atoms with van der Waals surface area (Å²) in [4.78, 5) is 29.0. The van der Waals surface area contributed by atoms with E-state index in [-0.39, 0.29) is 30.6 Å². The Kier molecular flexibility index (Phi) is 9.84. The molecule has 1 unspecified atom stereocenters. The Bertz CT molecular complexity index is 1330. The normalized spacial score (nSPS) is 11.4. The van der Waals surface area contributed by atoms with Crippen LogP contribution in [0.1, 0.15) is 34.7 Å². The van der Waals surface area contributed by atoms with E-state index in [9.17, 15) is 14.0 Å². The number of benzene rings is 4. The molecule has 2 amide bonds. The highest BCUT2D eigenvalue weighted by Crippen LogP contribution is 2.25. The number of halogens is 1. The van der Waals surface area contributed by atoms with Crippen LogP contribution in [0.3, 0.4) is 0 Å². The van der Waals surface area contributed by atoms with Gasteiger partial charge in [-0.15, -0.1) is 0 Å². The summed E-state index contributed by atoms with van der Waals surface area (Å²) in [7, 11) is 1.62. The van der Waals surface area contributed by atoms with Gasteiger partial charge in [-0.1, -0.05) is 84.9 Å². The van der Waals surface area contributed by atoms with Crippen LogP contribution in [0.15, 0.2) is 109 Å². The van der Waals surface area contributed by atoms with Gasteiger partial charge >= 0.3 is 0 Å². The lowest BCUT2D eigenvalue weighted by Crippen LogP contribution is -2.44. The number of rotatable bonds is 12. The summed E-state index contributed by atoms with van der Waals surface area (Å²) in [6.45, 7) is 0.594. The number of nitrogens with one attached hydrogen (secondary N) is 1. The first-order chi connectivity index (χ1) is 19.0. The van der Waals surface area contributed by atoms with Crippen molar-refractivity contribution in [2.45, 2.75) is 31.8 Å². The molecular formula is C33H33FN2O3. The quantitative estimate of drug-likeness (QED) is 0.251. The molecule has 0 aliphatic carbocycles. The summed E-state index contributed by atoms with van der Waals surface area (Å²) in [5, 5.41) is 3.04. The molecule has 6 heteroatoms. The molecule has 0 fully saturated rings. The Morgan fingerprint density at radius 3 is 2.00 bits per heavy atom. The topological polar surface area (TPSA) is 58.6 Å². The molecule has 0 aromatic heterocycles. The first-order valence-electron chi connectivity index (χ1n) is 13.1. The van der Waals surface area contributed by atoms with Crippen LogP contribution in [0.4, 0.5) is 4.39 Å². The van der Waals surface area contributed by atoms with Crippen LogP contribution in [-0.4, -0.2) is 30.4 Å². The number of ether oxygens (including phenoxy) is 1. The van der Waals surface area contributed by atoms with Gasteiger partial charge in [0.2, 0.25) is 11.8 Å². The molecule has 200 valence electrons. The van der Waals surface area contributed by atoms with E-state index in [0.717, 1.165) is 28.0 Å². The number of amides is 2. The summed E-state index contributed by atoms with van der Waals surface area (Å²) in [5.74, 6) is 0.0150. The SMILES string of the molecule is COc1ccc(CCNC(=O)C(c2ccccc2)N(Cc2ccc(F)cc2)C(=O)CCc2ccccc2)cc1. The summed E-state index contributed by atoms with van der Waals surface area (Å²) in [6, 6.07) is 32.0. The third kappa shape index (κ3) is 8.01. The van der Waals surface area contributed by atoms with Crippen molar-refractivity contribution < 1.29 is 18.7 Å². The first-order valence-corrected chi connectivity index (χ1v) is 13.1. The van der Waals surface area contributed by atoms with E-state index in [1.165, 1.54) is 12.1 Å². The summed E-state index contributed by atoms with van der Waals surface area (Å²) in [6.07, 6.45) is 1.44. The second-order valence-electron chi connectivity index (χ2n) is 9.34. The molecule has 5 nitrogen and oxygen atoms in total. The van der Waals surface area contributed by atoms with Crippen LogP contribution in [0.25, 0.3) is 0 Å². The molecule has 39 heavy (non-hydrogen) atoms. The van der Waals surface area contributed by atoms with Gasteiger partial charge in [-0.05, 0) is 59.4 Å². The lowest BCUT2D eigenvalue weighted by molar-refractivity contribution is -0.141. The lowest BCUT2D eigenvalue weighted by atomic mass is 10.0. The first kappa shape index (κ1) is 27.6. The fourth-order valence-electron chi connectivity index (χ4n) is 4.48. The molecule has 0 aliphatic rings. The zero-order chi connectivity index (χ0) is 27.5. The standard InChI is InChI=1S/C33H33FN2O3/c1-39-30-19-14-26(15-20-30)22-23-35-33(38)32(28-10-6-3-7-11-28)36(24-27-12-17-29(34)18-13-27)31(37)21-16-25-8-4-2-5-9-25/h2-15,17-20,32H,16,21-24H2,1H3,(H,35,38). The van der Waals surface area contributed by atoms with E-state index in [1.54, 1.807) is 24.1 Å². The van der Waals surface area contributed by atoms with E-state index >= 15 is 0 Å². The van der Waals surface area contributed by atoms with Gasteiger partial charge in [0.05, 0.1) is 7.11 Å². The van der Waals surface area contributed by atoms with E-state index in [4.69, 9.17) is 4.74 Å². The van der Waals surface area contributed by atoms with E-state index in [0.29, 0.717) is 19.4 Å². The van der Waals surface area contributed by atoms with E-state index in [1.807, 2.05) is 84.9 Å². The summed E-state index contributed by atoms with van der Waals surface area (Å²) >= 11 is 0. The van der Waals surface area contributed by atoms with Gasteiger partial charge in [-0.3, -0.25) is 9.59 Å². The van der Waals surface area contributed by atoms with Crippen LogP contribution < -0.4 is 10.1 Å². The second-order valence-corrected chi connectivity index (χ2v) is 9.34. The number of hydrogen-bond donors (Lipinski definition) is 1. The molecule has 0 saturated carbocycles. The highest BCUT2D eigenvalue weighted by atomic mass is 19.1. The third-order valence-corrected chi connectivity index (χ3v) is 6.60. The highest BCUT2D eigenvalue weighted by molar-refractivity contribution is 5.88. The molecule has 0 aliphatic heterocycles. The Morgan fingerprint density at radius 1 is 0.769 bits per heavy atom. The van der Waals surface area contributed by atoms with Crippen molar-refractivity contribution in [2.75, 3.05) is 13.7 Å². The summed E-state index contributed by atoms with van der Waals surface area (Å²) in [5.41, 5.74) is 3.58. The van der Waals surface area contributed by atoms with Crippen molar-refractivity contribution >= 4 is 11.8 Å². The molecular weight excluding hydrogens is 491 g/mol. The average molecular weight is 525 g/mol. The van der Waals surface area contributed by atoms with Crippen LogP contribution in [0.5, 0.6) is 5.75 Å². The molecule has 1 N–H and O–H groups in total. The number of nitrogens with zero attached hydrogens (tertiary/aromatic N) is 1. The van der Waals surface area contributed by atoms with Crippen LogP contribution in [0, 0.1) is 5.82 Å². The zero-order valence-electron chi connectivity index (χ0n) is 22.1. The van der Waals surface area contributed by atoms with Crippen molar-refractivity contribution in [3.05, 3.63) is 137 Å². The highest BCUT2D eigenvalue weighted by Gasteiger charge is 2.31. The van der Waals surface area contributed by atoms with Crippen molar-refractivity contribution in [2.24, 2.45) is 0 Å². The second kappa shape index (κ2) is 13.9. The predicted octanol–water partition coefficient (Wildman–Crippen LogP) is 5.90. The fraction of sp³-hybridized carbons (Fsp3) is 0.212. The number of aryl methyl sites for hydroxylation is 1. The number of carbonyl (C=O) groups is 2. The van der Waals surface area contributed by atoms with Gasteiger partial charge < -0.3 is 15.0 Å². The molecule has 4 rings (SSSR count). The molecule has 0 heterocycles. The fourth-order valence-corrected chi connectivity index (χ4v) is 4.48. The van der Waals surface area contributed by atoms with E-state index in [2.05, 4.69) is 5.32 Å². The molecule has 0 radical (unpaired) electrons. The smallest absolute Gasteiger partial charge is 0.247 e. The molecule has 4 aromatic rings. The maximum atomic E-state index is 13.7. The van der Waals surface area contributed by atoms with E-state index < -0.39 is 6.04 Å². The molecule has 0 saturated heterocycles.